The number of aryl methyl sites for hydroxylation is 2. The van der Waals surface area contributed by atoms with Crippen LogP contribution >= 0.6 is 11.3 Å². The van der Waals surface area contributed by atoms with Crippen molar-refractivity contribution in [3.63, 3.8) is 0 Å². The Balaban J connectivity index is 2.20. The summed E-state index contributed by atoms with van der Waals surface area (Å²) in [6, 6.07) is 7.96. The Morgan fingerprint density at radius 2 is 2.00 bits per heavy atom. The molecule has 2 aromatic heterocycles. The zero-order chi connectivity index (χ0) is 18.1. The van der Waals surface area contributed by atoms with Gasteiger partial charge in [-0.15, -0.1) is 0 Å². The molecule has 0 aliphatic rings. The number of benzene rings is 1. The van der Waals surface area contributed by atoms with Gasteiger partial charge in [-0.05, 0) is 37.5 Å². The molecule has 1 N–H and O–H groups in total. The molecular formula is C19H18N2O3S. The van der Waals surface area contributed by atoms with Crippen molar-refractivity contribution in [2.24, 2.45) is 0 Å². The van der Waals surface area contributed by atoms with Crippen molar-refractivity contribution in [1.82, 2.24) is 9.38 Å². The van der Waals surface area contributed by atoms with Gasteiger partial charge in [0.1, 0.15) is 4.88 Å². The fourth-order valence-electron chi connectivity index (χ4n) is 2.79. The number of hydrogen-bond acceptors (Lipinski definition) is 4. The van der Waals surface area contributed by atoms with E-state index in [1.807, 2.05) is 50.3 Å². The minimum absolute atomic E-state index is 0.145. The number of hydrogen-bond donors (Lipinski definition) is 1. The van der Waals surface area contributed by atoms with E-state index in [2.05, 4.69) is 4.98 Å². The first-order chi connectivity index (χ1) is 11.9. The molecule has 0 spiro atoms. The van der Waals surface area contributed by atoms with Crippen LogP contribution in [0.25, 0.3) is 17.1 Å². The molecule has 3 aromatic rings. The molecule has 0 aliphatic heterocycles. The van der Waals surface area contributed by atoms with Crippen LogP contribution in [0.3, 0.4) is 0 Å². The average molecular weight is 354 g/mol. The lowest BCUT2D eigenvalue weighted by Crippen LogP contribution is -2.21. The highest BCUT2D eigenvalue weighted by Crippen LogP contribution is 2.22. The van der Waals surface area contributed by atoms with Crippen LogP contribution in [-0.2, 0) is 6.42 Å². The largest absolute Gasteiger partial charge is 0.477 e. The van der Waals surface area contributed by atoms with E-state index in [0.717, 1.165) is 22.5 Å². The molecule has 0 saturated heterocycles. The molecule has 25 heavy (non-hydrogen) atoms. The van der Waals surface area contributed by atoms with Crippen LogP contribution in [0.1, 0.15) is 44.7 Å². The summed E-state index contributed by atoms with van der Waals surface area (Å²) in [4.78, 5) is 29.3. The molecule has 3 rings (SSSR count). The molecule has 1 aromatic carbocycles. The first-order valence-corrected chi connectivity index (χ1v) is 8.77. The Bertz CT molecular complexity index is 1060. The van der Waals surface area contributed by atoms with Crippen LogP contribution in [0, 0.1) is 13.8 Å². The summed E-state index contributed by atoms with van der Waals surface area (Å²) in [5.74, 6) is -1.04. The lowest BCUT2D eigenvalue weighted by molar-refractivity contribution is 0.0701. The number of thiazole rings is 1. The van der Waals surface area contributed by atoms with E-state index in [1.54, 1.807) is 6.92 Å². The first kappa shape index (κ1) is 17.1. The number of carbonyl (C=O) groups is 1. The van der Waals surface area contributed by atoms with Gasteiger partial charge in [-0.3, -0.25) is 9.20 Å². The number of fused-ring (bicyclic) bond motifs is 1. The number of carboxylic acid groups (broad SMARTS) is 1. The molecule has 0 unspecified atom stereocenters. The van der Waals surface area contributed by atoms with Crippen molar-refractivity contribution >= 4 is 34.4 Å². The molecule has 6 heteroatoms. The summed E-state index contributed by atoms with van der Waals surface area (Å²) in [7, 11) is 0. The van der Waals surface area contributed by atoms with E-state index in [4.69, 9.17) is 0 Å². The maximum absolute atomic E-state index is 12.8. The smallest absolute Gasteiger partial charge is 0.347 e. The highest BCUT2D eigenvalue weighted by Gasteiger charge is 2.19. The molecule has 0 atom stereocenters. The number of carboxylic acids is 1. The van der Waals surface area contributed by atoms with Gasteiger partial charge in [-0.2, -0.15) is 0 Å². The second kappa shape index (κ2) is 6.64. The van der Waals surface area contributed by atoms with Crippen molar-refractivity contribution in [3.8, 4) is 0 Å². The zero-order valence-electron chi connectivity index (χ0n) is 14.2. The minimum atomic E-state index is -1.04. The fourth-order valence-corrected chi connectivity index (χ4v) is 3.76. The monoisotopic (exact) mass is 354 g/mol. The van der Waals surface area contributed by atoms with Gasteiger partial charge in [-0.25, -0.2) is 9.78 Å². The van der Waals surface area contributed by atoms with Gasteiger partial charge in [0.2, 0.25) is 0 Å². The first-order valence-electron chi connectivity index (χ1n) is 7.96. The van der Waals surface area contributed by atoms with Crippen LogP contribution in [0.2, 0.25) is 0 Å². The summed E-state index contributed by atoms with van der Waals surface area (Å²) in [6.07, 6.45) is 4.29. The van der Waals surface area contributed by atoms with Crippen molar-refractivity contribution in [2.75, 3.05) is 0 Å². The molecule has 0 saturated carbocycles. The van der Waals surface area contributed by atoms with Crippen LogP contribution in [0.15, 0.2) is 29.1 Å². The van der Waals surface area contributed by atoms with Gasteiger partial charge in [0.25, 0.3) is 5.56 Å². The SMILES string of the molecule is CCc1c(/C=C/c2ccccc2C)nc2sc(C(=O)O)c(C)n2c1=O. The molecule has 0 amide bonds. The predicted molar refractivity (Wildman–Crippen MR) is 101 cm³/mol. The number of rotatable bonds is 4. The summed E-state index contributed by atoms with van der Waals surface area (Å²) in [6.45, 7) is 5.56. The lowest BCUT2D eigenvalue weighted by Gasteiger charge is -2.05. The highest BCUT2D eigenvalue weighted by atomic mass is 32.1. The van der Waals surface area contributed by atoms with Crippen molar-refractivity contribution in [3.05, 3.63) is 67.6 Å². The molecule has 0 aliphatic carbocycles. The van der Waals surface area contributed by atoms with E-state index in [0.29, 0.717) is 28.3 Å². The van der Waals surface area contributed by atoms with Gasteiger partial charge in [0, 0.05) is 5.56 Å². The van der Waals surface area contributed by atoms with Crippen molar-refractivity contribution < 1.29 is 9.90 Å². The highest BCUT2D eigenvalue weighted by molar-refractivity contribution is 7.18. The molecule has 5 nitrogen and oxygen atoms in total. The molecular weight excluding hydrogens is 336 g/mol. The Labute approximate surface area is 148 Å². The van der Waals surface area contributed by atoms with E-state index in [-0.39, 0.29) is 10.4 Å². The van der Waals surface area contributed by atoms with Gasteiger partial charge < -0.3 is 5.11 Å². The maximum Gasteiger partial charge on any atom is 0.347 e. The summed E-state index contributed by atoms with van der Waals surface area (Å²) < 4.78 is 1.40. The Hall–Kier alpha value is -2.73. The number of aromatic nitrogens is 2. The number of aromatic carboxylic acids is 1. The third-order valence-corrected chi connectivity index (χ3v) is 5.32. The minimum Gasteiger partial charge on any atom is -0.477 e. The van der Waals surface area contributed by atoms with Crippen molar-refractivity contribution in [2.45, 2.75) is 27.2 Å². The van der Waals surface area contributed by atoms with Gasteiger partial charge in [0.05, 0.1) is 11.4 Å². The third kappa shape index (κ3) is 3.00. The van der Waals surface area contributed by atoms with E-state index >= 15 is 0 Å². The maximum atomic E-state index is 12.8. The van der Waals surface area contributed by atoms with Crippen LogP contribution < -0.4 is 5.56 Å². The van der Waals surface area contributed by atoms with E-state index < -0.39 is 5.97 Å². The molecule has 0 fully saturated rings. The molecule has 2 heterocycles. The standard InChI is InChI=1S/C19H18N2O3S/c1-4-14-15(10-9-13-8-6-5-7-11(13)2)20-19-21(17(14)22)12(3)16(25-19)18(23)24/h5-10H,4H2,1-3H3,(H,23,24)/b10-9+. The summed E-state index contributed by atoms with van der Waals surface area (Å²) in [5, 5.41) is 9.29. The zero-order valence-corrected chi connectivity index (χ0v) is 15.1. The Morgan fingerprint density at radius 3 is 2.64 bits per heavy atom. The van der Waals surface area contributed by atoms with Crippen molar-refractivity contribution in [1.29, 1.82) is 0 Å². The molecule has 0 bridgehead atoms. The van der Waals surface area contributed by atoms with Gasteiger partial charge in [-0.1, -0.05) is 48.6 Å². The van der Waals surface area contributed by atoms with Gasteiger partial charge >= 0.3 is 5.97 Å². The quantitative estimate of drug-likeness (QED) is 0.773. The topological polar surface area (TPSA) is 71.7 Å². The third-order valence-electron chi connectivity index (χ3n) is 4.19. The van der Waals surface area contributed by atoms with Crippen LogP contribution in [-0.4, -0.2) is 20.5 Å². The van der Waals surface area contributed by atoms with E-state index in [9.17, 15) is 14.7 Å². The van der Waals surface area contributed by atoms with Gasteiger partial charge in [0.15, 0.2) is 4.96 Å². The Morgan fingerprint density at radius 1 is 1.28 bits per heavy atom. The van der Waals surface area contributed by atoms with Crippen LogP contribution in [0.4, 0.5) is 0 Å². The molecule has 128 valence electrons. The molecule has 0 radical (unpaired) electrons. The predicted octanol–water partition coefficient (Wildman–Crippen LogP) is 3.80. The number of nitrogens with zero attached hydrogens (tertiary/aromatic N) is 2. The summed E-state index contributed by atoms with van der Waals surface area (Å²) in [5.41, 5.74) is 3.59. The normalized spacial score (nSPS) is 11.5. The fraction of sp³-hybridized carbons (Fsp3) is 0.211. The lowest BCUT2D eigenvalue weighted by atomic mass is 10.1. The summed E-state index contributed by atoms with van der Waals surface area (Å²) >= 11 is 1.02. The second-order valence-corrected chi connectivity index (χ2v) is 6.74. The second-order valence-electron chi connectivity index (χ2n) is 5.76. The van der Waals surface area contributed by atoms with Crippen LogP contribution in [0.5, 0.6) is 0 Å². The Kier molecular flexibility index (Phi) is 4.55. The average Bonchev–Trinajstić information content (AvgIpc) is 2.91. The van der Waals surface area contributed by atoms with E-state index in [1.165, 1.54) is 4.40 Å².